The molecule has 3 rings (SSSR count). The zero-order valence-electron chi connectivity index (χ0n) is 15.0. The lowest BCUT2D eigenvalue weighted by Gasteiger charge is -2.35. The summed E-state index contributed by atoms with van der Waals surface area (Å²) in [6, 6.07) is 6.62. The molecule has 0 N–H and O–H groups in total. The highest BCUT2D eigenvalue weighted by atomic mass is 19.1. The first-order valence-corrected chi connectivity index (χ1v) is 9.15. The monoisotopic (exact) mass is 349 g/mol. The summed E-state index contributed by atoms with van der Waals surface area (Å²) in [5, 5.41) is 0. The number of piperazine rings is 1. The highest BCUT2D eigenvalue weighted by Gasteiger charge is 2.24. The van der Waals surface area contributed by atoms with Crippen molar-refractivity contribution in [3.05, 3.63) is 35.6 Å². The Morgan fingerprint density at radius 1 is 1.24 bits per heavy atom. The summed E-state index contributed by atoms with van der Waals surface area (Å²) in [5.41, 5.74) is 0.555. The molecule has 0 radical (unpaired) electrons. The van der Waals surface area contributed by atoms with E-state index in [1.807, 2.05) is 0 Å². The number of carbonyl (C=O) groups excluding carboxylic acids is 1. The molecule has 0 saturated carbocycles. The fourth-order valence-electron chi connectivity index (χ4n) is 3.49. The molecule has 0 bridgehead atoms. The van der Waals surface area contributed by atoms with Crippen LogP contribution >= 0.6 is 0 Å². The normalized spacial score (nSPS) is 22.2. The van der Waals surface area contributed by atoms with E-state index in [9.17, 15) is 9.18 Å². The third-order valence-electron chi connectivity index (χ3n) is 5.10. The van der Waals surface area contributed by atoms with Crippen molar-refractivity contribution in [3.8, 4) is 0 Å². The molecule has 1 amide bonds. The number of hydrogen-bond acceptors (Lipinski definition) is 4. The fourth-order valence-corrected chi connectivity index (χ4v) is 3.49. The molecule has 1 aromatic rings. The van der Waals surface area contributed by atoms with Crippen LogP contribution in [0.3, 0.4) is 0 Å². The van der Waals surface area contributed by atoms with Gasteiger partial charge in [-0.3, -0.25) is 14.6 Å². The molecule has 2 saturated heterocycles. The summed E-state index contributed by atoms with van der Waals surface area (Å²) < 4.78 is 19.4. The molecule has 2 heterocycles. The minimum absolute atomic E-state index is 0.0378. The van der Waals surface area contributed by atoms with Gasteiger partial charge in [0.2, 0.25) is 5.91 Å². The first kappa shape index (κ1) is 18.3. The quantitative estimate of drug-likeness (QED) is 0.781. The van der Waals surface area contributed by atoms with Gasteiger partial charge in [0.25, 0.3) is 0 Å². The number of ether oxygens (including phenoxy) is 1. The molecular weight excluding hydrogens is 321 g/mol. The minimum atomic E-state index is -0.259. The van der Waals surface area contributed by atoms with E-state index in [4.69, 9.17) is 4.74 Å². The molecule has 138 valence electrons. The van der Waals surface area contributed by atoms with Crippen molar-refractivity contribution in [1.29, 1.82) is 0 Å². The van der Waals surface area contributed by atoms with E-state index in [1.165, 1.54) is 18.9 Å². The van der Waals surface area contributed by atoms with Crippen molar-refractivity contribution in [2.75, 3.05) is 52.9 Å². The standard InChI is InChI=1S/C19H28FN3O2/c1-21(13-16-5-2-3-7-18(16)20)19(24)15-23-10-8-22(9-11-23)14-17-6-4-12-25-17/h2-3,5,7,17H,4,6,8-15H2,1H3. The molecular formula is C19H28FN3O2. The Bertz CT molecular complexity index is 570. The Hall–Kier alpha value is -1.50. The van der Waals surface area contributed by atoms with Crippen LogP contribution in [0.1, 0.15) is 18.4 Å². The second-order valence-electron chi connectivity index (χ2n) is 7.05. The van der Waals surface area contributed by atoms with Gasteiger partial charge >= 0.3 is 0 Å². The summed E-state index contributed by atoms with van der Waals surface area (Å²) in [6.45, 7) is 6.36. The molecule has 25 heavy (non-hydrogen) atoms. The highest BCUT2D eigenvalue weighted by Crippen LogP contribution is 2.15. The predicted octanol–water partition coefficient (Wildman–Crippen LogP) is 1.58. The summed E-state index contributed by atoms with van der Waals surface area (Å²) in [7, 11) is 1.74. The number of carbonyl (C=O) groups is 1. The van der Waals surface area contributed by atoms with Crippen molar-refractivity contribution < 1.29 is 13.9 Å². The average Bonchev–Trinajstić information content (AvgIpc) is 3.11. The third-order valence-corrected chi connectivity index (χ3v) is 5.10. The fraction of sp³-hybridized carbons (Fsp3) is 0.632. The molecule has 2 fully saturated rings. The molecule has 1 unspecified atom stereocenters. The third kappa shape index (κ3) is 5.23. The van der Waals surface area contributed by atoms with Crippen LogP contribution in [-0.2, 0) is 16.1 Å². The van der Waals surface area contributed by atoms with Crippen LogP contribution in [0.4, 0.5) is 4.39 Å². The maximum absolute atomic E-state index is 13.7. The summed E-state index contributed by atoms with van der Waals surface area (Å²) in [5.74, 6) is -0.222. The van der Waals surface area contributed by atoms with Gasteiger partial charge in [-0.2, -0.15) is 0 Å². The van der Waals surface area contributed by atoms with Crippen LogP contribution in [0, 0.1) is 5.82 Å². The smallest absolute Gasteiger partial charge is 0.236 e. The van der Waals surface area contributed by atoms with Gasteiger partial charge in [-0.05, 0) is 18.9 Å². The van der Waals surface area contributed by atoms with E-state index < -0.39 is 0 Å². The van der Waals surface area contributed by atoms with Gasteiger partial charge in [-0.1, -0.05) is 18.2 Å². The predicted molar refractivity (Wildman–Crippen MR) is 94.7 cm³/mol. The van der Waals surface area contributed by atoms with Crippen molar-refractivity contribution in [3.63, 3.8) is 0 Å². The lowest BCUT2D eigenvalue weighted by Crippen LogP contribution is -2.51. The Morgan fingerprint density at radius 2 is 1.96 bits per heavy atom. The first-order chi connectivity index (χ1) is 12.1. The maximum Gasteiger partial charge on any atom is 0.236 e. The summed E-state index contributed by atoms with van der Waals surface area (Å²) in [4.78, 5) is 18.6. The van der Waals surface area contributed by atoms with Crippen molar-refractivity contribution in [2.45, 2.75) is 25.5 Å². The minimum Gasteiger partial charge on any atom is -0.377 e. The zero-order chi connectivity index (χ0) is 17.6. The first-order valence-electron chi connectivity index (χ1n) is 9.15. The Morgan fingerprint density at radius 3 is 2.64 bits per heavy atom. The van der Waals surface area contributed by atoms with E-state index in [1.54, 1.807) is 30.1 Å². The summed E-state index contributed by atoms with van der Waals surface area (Å²) >= 11 is 0. The van der Waals surface area contributed by atoms with Crippen molar-refractivity contribution >= 4 is 5.91 Å². The lowest BCUT2D eigenvalue weighted by molar-refractivity contribution is -0.132. The van der Waals surface area contributed by atoms with E-state index in [-0.39, 0.29) is 11.7 Å². The molecule has 2 aliphatic heterocycles. The molecule has 1 atom stereocenters. The number of amides is 1. The van der Waals surface area contributed by atoms with Gasteiger partial charge in [0.1, 0.15) is 5.82 Å². The van der Waals surface area contributed by atoms with Gasteiger partial charge in [-0.25, -0.2) is 4.39 Å². The number of likely N-dealkylation sites (N-methyl/N-ethyl adjacent to an activating group) is 1. The Balaban J connectivity index is 1.40. The zero-order valence-corrected chi connectivity index (χ0v) is 15.0. The Labute approximate surface area is 149 Å². The molecule has 0 spiro atoms. The Kier molecular flexibility index (Phi) is 6.39. The molecule has 0 aromatic heterocycles. The number of nitrogens with zero attached hydrogens (tertiary/aromatic N) is 3. The van der Waals surface area contributed by atoms with Crippen molar-refractivity contribution in [2.24, 2.45) is 0 Å². The SMILES string of the molecule is CN(Cc1ccccc1F)C(=O)CN1CCN(CC2CCCO2)CC1. The molecule has 1 aromatic carbocycles. The number of halogens is 1. The largest absolute Gasteiger partial charge is 0.377 e. The van der Waals surface area contributed by atoms with Crippen LogP contribution in [0.5, 0.6) is 0 Å². The van der Waals surface area contributed by atoms with Crippen LogP contribution in [0.25, 0.3) is 0 Å². The highest BCUT2D eigenvalue weighted by molar-refractivity contribution is 5.78. The van der Waals surface area contributed by atoms with Crippen molar-refractivity contribution in [1.82, 2.24) is 14.7 Å². The van der Waals surface area contributed by atoms with Crippen LogP contribution < -0.4 is 0 Å². The van der Waals surface area contributed by atoms with E-state index in [0.717, 1.165) is 39.3 Å². The lowest BCUT2D eigenvalue weighted by atomic mass is 10.2. The number of benzene rings is 1. The van der Waals surface area contributed by atoms with Crippen LogP contribution in [-0.4, -0.2) is 79.6 Å². The number of hydrogen-bond donors (Lipinski definition) is 0. The molecule has 0 aliphatic carbocycles. The molecule has 6 heteroatoms. The number of rotatable bonds is 6. The topological polar surface area (TPSA) is 36.0 Å². The van der Waals surface area contributed by atoms with E-state index in [2.05, 4.69) is 9.80 Å². The van der Waals surface area contributed by atoms with Gasteiger partial charge in [0.05, 0.1) is 12.6 Å². The van der Waals surface area contributed by atoms with Gasteiger partial charge in [-0.15, -0.1) is 0 Å². The van der Waals surface area contributed by atoms with Gasteiger partial charge < -0.3 is 9.64 Å². The van der Waals surface area contributed by atoms with Crippen LogP contribution in [0.15, 0.2) is 24.3 Å². The van der Waals surface area contributed by atoms with Crippen LogP contribution in [0.2, 0.25) is 0 Å². The maximum atomic E-state index is 13.7. The summed E-state index contributed by atoms with van der Waals surface area (Å²) in [6.07, 6.45) is 2.73. The second-order valence-corrected chi connectivity index (χ2v) is 7.05. The molecule has 2 aliphatic rings. The molecule has 5 nitrogen and oxygen atoms in total. The average molecular weight is 349 g/mol. The van der Waals surface area contributed by atoms with Gasteiger partial charge in [0, 0.05) is 58.5 Å². The van der Waals surface area contributed by atoms with E-state index in [0.29, 0.717) is 24.8 Å². The van der Waals surface area contributed by atoms with Gasteiger partial charge in [0.15, 0.2) is 0 Å². The second kappa shape index (κ2) is 8.74. The van der Waals surface area contributed by atoms with E-state index >= 15 is 0 Å².